The molecule has 1 atom stereocenters. The van der Waals surface area contributed by atoms with Crippen molar-refractivity contribution in [1.82, 2.24) is 25.9 Å². The third-order valence-corrected chi connectivity index (χ3v) is 3.74. The first-order valence-corrected chi connectivity index (χ1v) is 8.52. The van der Waals surface area contributed by atoms with E-state index in [0.29, 0.717) is 17.6 Å². The van der Waals surface area contributed by atoms with Gasteiger partial charge in [-0.25, -0.2) is 0 Å². The van der Waals surface area contributed by atoms with E-state index in [1.54, 1.807) is 7.11 Å². The first-order chi connectivity index (χ1) is 11.2. The Bertz CT molecular complexity index is 571. The van der Waals surface area contributed by atoms with Crippen molar-refractivity contribution in [3.8, 4) is 0 Å². The van der Waals surface area contributed by atoms with Gasteiger partial charge in [0.2, 0.25) is 5.91 Å². The fourth-order valence-electron chi connectivity index (χ4n) is 2.40. The average Bonchev–Trinajstić information content (AvgIpc) is 2.72. The maximum atomic E-state index is 12.1. The van der Waals surface area contributed by atoms with Crippen molar-refractivity contribution >= 4 is 23.2 Å². The highest BCUT2D eigenvalue weighted by Gasteiger charge is 2.15. The average molecular weight is 356 g/mol. The second-order valence-corrected chi connectivity index (χ2v) is 6.81. The highest BCUT2D eigenvalue weighted by atomic mass is 32.1. The molecule has 7 nitrogen and oxygen atoms in total. The summed E-state index contributed by atoms with van der Waals surface area (Å²) in [5, 5.41) is 7.89. The first-order valence-electron chi connectivity index (χ1n) is 8.11. The van der Waals surface area contributed by atoms with Crippen LogP contribution in [-0.4, -0.2) is 40.6 Å². The van der Waals surface area contributed by atoms with Gasteiger partial charge in [-0.05, 0) is 38.9 Å². The molecular weight excluding hydrogens is 326 g/mol. The second-order valence-electron chi connectivity index (χ2n) is 6.41. The molecule has 0 saturated carbocycles. The van der Waals surface area contributed by atoms with Crippen LogP contribution in [0.3, 0.4) is 0 Å². The van der Waals surface area contributed by atoms with Crippen LogP contribution in [0.15, 0.2) is 0 Å². The molecular formula is C16H29N5O2S. The Hall–Kier alpha value is -1.67. The summed E-state index contributed by atoms with van der Waals surface area (Å²) in [6.07, 6.45) is 0.263. The molecule has 0 aliphatic rings. The van der Waals surface area contributed by atoms with E-state index < -0.39 is 0 Å². The molecule has 0 unspecified atom stereocenters. The smallest absolute Gasteiger partial charge is 0.242 e. The SMILES string of the molecule is COC[C@H](C)NC(=S)NNC(=O)Cc1c(C)nn(CC(C)C)c1C. The lowest BCUT2D eigenvalue weighted by Crippen LogP contribution is -2.50. The van der Waals surface area contributed by atoms with Crippen molar-refractivity contribution in [2.45, 2.75) is 53.6 Å². The predicted molar refractivity (Wildman–Crippen MR) is 98.6 cm³/mol. The van der Waals surface area contributed by atoms with E-state index in [9.17, 15) is 4.79 Å². The monoisotopic (exact) mass is 355 g/mol. The molecule has 1 heterocycles. The molecule has 0 aromatic carbocycles. The summed E-state index contributed by atoms with van der Waals surface area (Å²) >= 11 is 5.12. The molecule has 3 N–H and O–H groups in total. The van der Waals surface area contributed by atoms with Gasteiger partial charge in [-0.15, -0.1) is 0 Å². The van der Waals surface area contributed by atoms with Crippen LogP contribution in [0, 0.1) is 19.8 Å². The number of carbonyl (C=O) groups is 1. The molecule has 0 fully saturated rings. The summed E-state index contributed by atoms with van der Waals surface area (Å²) < 4.78 is 6.99. The van der Waals surface area contributed by atoms with Gasteiger partial charge in [0.25, 0.3) is 0 Å². The zero-order chi connectivity index (χ0) is 18.3. The van der Waals surface area contributed by atoms with Crippen LogP contribution in [0.25, 0.3) is 0 Å². The minimum absolute atomic E-state index is 0.0608. The number of aromatic nitrogens is 2. The van der Waals surface area contributed by atoms with Crippen LogP contribution in [0.2, 0.25) is 0 Å². The number of aryl methyl sites for hydroxylation is 1. The van der Waals surface area contributed by atoms with E-state index in [1.165, 1.54) is 0 Å². The van der Waals surface area contributed by atoms with Crippen molar-refractivity contribution in [2.75, 3.05) is 13.7 Å². The predicted octanol–water partition coefficient (Wildman–Crippen LogP) is 1.23. The number of nitrogens with zero attached hydrogens (tertiary/aromatic N) is 2. The van der Waals surface area contributed by atoms with Crippen molar-refractivity contribution in [3.05, 3.63) is 17.0 Å². The van der Waals surface area contributed by atoms with Crippen molar-refractivity contribution in [3.63, 3.8) is 0 Å². The maximum absolute atomic E-state index is 12.1. The number of nitrogens with one attached hydrogen (secondary N) is 3. The Labute approximate surface area is 149 Å². The van der Waals surface area contributed by atoms with E-state index in [0.717, 1.165) is 23.5 Å². The van der Waals surface area contributed by atoms with Gasteiger partial charge >= 0.3 is 0 Å². The molecule has 24 heavy (non-hydrogen) atoms. The lowest BCUT2D eigenvalue weighted by Gasteiger charge is -2.16. The van der Waals surface area contributed by atoms with Crippen LogP contribution in [0.1, 0.15) is 37.7 Å². The van der Waals surface area contributed by atoms with Gasteiger partial charge in [0, 0.05) is 31.0 Å². The van der Waals surface area contributed by atoms with Crippen LogP contribution >= 0.6 is 12.2 Å². The topological polar surface area (TPSA) is 80.2 Å². The van der Waals surface area contributed by atoms with Gasteiger partial charge in [0.15, 0.2) is 5.11 Å². The second kappa shape index (κ2) is 9.58. The van der Waals surface area contributed by atoms with Crippen LogP contribution in [0.4, 0.5) is 0 Å². The van der Waals surface area contributed by atoms with Gasteiger partial charge in [-0.2, -0.15) is 5.10 Å². The zero-order valence-corrected chi connectivity index (χ0v) is 16.2. The summed E-state index contributed by atoms with van der Waals surface area (Å²) in [5.74, 6) is 0.345. The summed E-state index contributed by atoms with van der Waals surface area (Å²) in [5.41, 5.74) is 8.20. The fraction of sp³-hybridized carbons (Fsp3) is 0.688. The molecule has 0 spiro atoms. The Morgan fingerprint density at radius 3 is 2.54 bits per heavy atom. The number of hydrazine groups is 1. The summed E-state index contributed by atoms with van der Waals surface area (Å²) in [6, 6.07) is 0.0608. The minimum Gasteiger partial charge on any atom is -0.383 e. The minimum atomic E-state index is -0.158. The van der Waals surface area contributed by atoms with E-state index in [-0.39, 0.29) is 18.4 Å². The van der Waals surface area contributed by atoms with E-state index in [2.05, 4.69) is 35.1 Å². The standard InChI is InChI=1S/C16H29N5O2S/c1-10(2)8-21-13(5)14(12(4)20-21)7-15(22)18-19-16(24)17-11(3)9-23-6/h10-11H,7-9H2,1-6H3,(H,18,22)(H2,17,19,24)/t11-/m0/s1. The highest BCUT2D eigenvalue weighted by molar-refractivity contribution is 7.80. The zero-order valence-electron chi connectivity index (χ0n) is 15.4. The van der Waals surface area contributed by atoms with Crippen molar-refractivity contribution < 1.29 is 9.53 Å². The molecule has 1 aromatic heterocycles. The van der Waals surface area contributed by atoms with Crippen molar-refractivity contribution in [1.29, 1.82) is 0 Å². The molecule has 8 heteroatoms. The number of ether oxygens (including phenoxy) is 1. The lowest BCUT2D eigenvalue weighted by molar-refractivity contribution is -0.121. The lowest BCUT2D eigenvalue weighted by atomic mass is 10.1. The quantitative estimate of drug-likeness (QED) is 0.504. The van der Waals surface area contributed by atoms with Gasteiger partial charge in [0.1, 0.15) is 0 Å². The largest absolute Gasteiger partial charge is 0.383 e. The Morgan fingerprint density at radius 2 is 1.96 bits per heavy atom. The molecule has 0 aliphatic heterocycles. The number of hydrogen-bond donors (Lipinski definition) is 3. The number of amides is 1. The number of rotatable bonds is 7. The molecule has 0 saturated heterocycles. The number of thiocarbonyl (C=S) groups is 1. The molecule has 1 amide bonds. The van der Waals surface area contributed by atoms with E-state index in [1.807, 2.05) is 25.5 Å². The molecule has 1 rings (SSSR count). The van der Waals surface area contributed by atoms with Gasteiger partial charge in [-0.3, -0.25) is 20.3 Å². The molecule has 1 aromatic rings. The normalized spacial score (nSPS) is 12.1. The van der Waals surface area contributed by atoms with E-state index >= 15 is 0 Å². The van der Waals surface area contributed by atoms with Gasteiger partial charge < -0.3 is 10.1 Å². The molecule has 0 aliphatic carbocycles. The molecule has 136 valence electrons. The number of methoxy groups -OCH3 is 1. The fourth-order valence-corrected chi connectivity index (χ4v) is 2.65. The molecule has 0 bridgehead atoms. The highest BCUT2D eigenvalue weighted by Crippen LogP contribution is 2.15. The number of hydrogen-bond acceptors (Lipinski definition) is 4. The molecule has 0 radical (unpaired) electrons. The van der Waals surface area contributed by atoms with Crippen LogP contribution in [-0.2, 0) is 22.5 Å². The summed E-state index contributed by atoms with van der Waals surface area (Å²) in [6.45, 7) is 11.5. The van der Waals surface area contributed by atoms with Crippen LogP contribution < -0.4 is 16.2 Å². The van der Waals surface area contributed by atoms with Gasteiger partial charge in [-0.1, -0.05) is 13.8 Å². The van der Waals surface area contributed by atoms with Gasteiger partial charge in [0.05, 0.1) is 18.7 Å². The third-order valence-electron chi connectivity index (χ3n) is 3.52. The van der Waals surface area contributed by atoms with Crippen molar-refractivity contribution in [2.24, 2.45) is 5.92 Å². The van der Waals surface area contributed by atoms with E-state index in [4.69, 9.17) is 17.0 Å². The number of carbonyl (C=O) groups excluding carboxylic acids is 1. The Kier molecular flexibility index (Phi) is 8.14. The summed E-state index contributed by atoms with van der Waals surface area (Å²) in [7, 11) is 1.63. The first kappa shape index (κ1) is 20.4. The van der Waals surface area contributed by atoms with Crippen LogP contribution in [0.5, 0.6) is 0 Å². The Balaban J connectivity index is 2.54. The summed E-state index contributed by atoms with van der Waals surface area (Å²) in [4.78, 5) is 12.1. The maximum Gasteiger partial charge on any atom is 0.242 e. The third kappa shape index (κ3) is 6.45. The Morgan fingerprint density at radius 1 is 1.29 bits per heavy atom.